The second kappa shape index (κ2) is 8.55. The van der Waals surface area contributed by atoms with Crippen LogP contribution >= 0.6 is 0 Å². The van der Waals surface area contributed by atoms with Gasteiger partial charge in [0.25, 0.3) is 5.91 Å². The molecule has 2 amide bonds. The van der Waals surface area contributed by atoms with Gasteiger partial charge in [-0.05, 0) is 38.8 Å². The Morgan fingerprint density at radius 2 is 1.81 bits per heavy atom. The fraction of sp³-hybridized carbons (Fsp3) is 0.571. The molecule has 27 heavy (non-hydrogen) atoms. The molecule has 1 N–H and O–H groups in total. The largest absolute Gasteiger partial charge is 0.452 e. The molecule has 1 heterocycles. The van der Waals surface area contributed by atoms with Crippen LogP contribution in [0.15, 0.2) is 24.3 Å². The minimum absolute atomic E-state index is 0.0971. The molecule has 6 nitrogen and oxygen atoms in total. The van der Waals surface area contributed by atoms with Crippen molar-refractivity contribution in [3.8, 4) is 0 Å². The summed E-state index contributed by atoms with van der Waals surface area (Å²) < 4.78 is 5.36. The average molecular weight is 372 g/mol. The van der Waals surface area contributed by atoms with Crippen molar-refractivity contribution >= 4 is 23.5 Å². The number of nitrogens with one attached hydrogen (secondary N) is 1. The number of nitrogens with zero attached hydrogens (tertiary/aromatic N) is 1. The molecule has 1 aliphatic carbocycles. The van der Waals surface area contributed by atoms with Gasteiger partial charge in [0.15, 0.2) is 6.10 Å². The SMILES string of the molecule is Cc1ccc(N2C[C@H](C(=O)O[C@@H](C)C(=O)NC3CCCCC3)CC2=O)cc1. The van der Waals surface area contributed by atoms with E-state index in [1.54, 1.807) is 11.8 Å². The highest BCUT2D eigenvalue weighted by atomic mass is 16.5. The number of carbonyl (C=O) groups is 3. The van der Waals surface area contributed by atoms with Crippen molar-refractivity contribution in [1.29, 1.82) is 0 Å². The van der Waals surface area contributed by atoms with Gasteiger partial charge in [-0.3, -0.25) is 14.4 Å². The average Bonchev–Trinajstić information content (AvgIpc) is 3.05. The van der Waals surface area contributed by atoms with Crippen LogP contribution in [0.25, 0.3) is 0 Å². The number of rotatable bonds is 5. The van der Waals surface area contributed by atoms with E-state index >= 15 is 0 Å². The predicted octanol–water partition coefficient (Wildman–Crippen LogP) is 2.73. The molecule has 1 aromatic carbocycles. The second-order valence-electron chi connectivity index (χ2n) is 7.66. The summed E-state index contributed by atoms with van der Waals surface area (Å²) in [6, 6.07) is 7.80. The Morgan fingerprint density at radius 1 is 1.15 bits per heavy atom. The predicted molar refractivity (Wildman–Crippen MR) is 102 cm³/mol. The topological polar surface area (TPSA) is 75.7 Å². The number of ether oxygens (including phenoxy) is 1. The Labute approximate surface area is 160 Å². The lowest BCUT2D eigenvalue weighted by Crippen LogP contribution is -2.43. The molecule has 0 bridgehead atoms. The van der Waals surface area contributed by atoms with E-state index in [-0.39, 0.29) is 30.8 Å². The number of anilines is 1. The number of benzene rings is 1. The summed E-state index contributed by atoms with van der Waals surface area (Å²) in [6.45, 7) is 3.86. The fourth-order valence-corrected chi connectivity index (χ4v) is 3.73. The van der Waals surface area contributed by atoms with Gasteiger partial charge in [0.1, 0.15) is 0 Å². The number of carbonyl (C=O) groups excluding carboxylic acids is 3. The zero-order valence-electron chi connectivity index (χ0n) is 16.1. The normalized spacial score (nSPS) is 21.8. The van der Waals surface area contributed by atoms with Crippen LogP contribution in [0.2, 0.25) is 0 Å². The quantitative estimate of drug-likeness (QED) is 0.807. The maximum absolute atomic E-state index is 12.4. The first-order valence-electron chi connectivity index (χ1n) is 9.82. The van der Waals surface area contributed by atoms with Crippen molar-refractivity contribution in [1.82, 2.24) is 5.32 Å². The molecule has 1 saturated carbocycles. The highest BCUT2D eigenvalue weighted by Crippen LogP contribution is 2.26. The third-order valence-electron chi connectivity index (χ3n) is 5.42. The third kappa shape index (κ3) is 4.87. The van der Waals surface area contributed by atoms with Crippen LogP contribution in [0.1, 0.15) is 51.0 Å². The first kappa shape index (κ1) is 19.4. The molecule has 0 radical (unpaired) electrons. The fourth-order valence-electron chi connectivity index (χ4n) is 3.73. The van der Waals surface area contributed by atoms with Crippen LogP contribution in [0.3, 0.4) is 0 Å². The molecule has 6 heteroatoms. The number of hydrogen-bond acceptors (Lipinski definition) is 4. The lowest BCUT2D eigenvalue weighted by molar-refractivity contribution is -0.158. The van der Waals surface area contributed by atoms with Crippen LogP contribution in [-0.4, -0.2) is 36.5 Å². The van der Waals surface area contributed by atoms with Crippen LogP contribution in [0.4, 0.5) is 5.69 Å². The van der Waals surface area contributed by atoms with Crippen molar-refractivity contribution in [2.24, 2.45) is 5.92 Å². The highest BCUT2D eigenvalue weighted by Gasteiger charge is 2.37. The number of hydrogen-bond donors (Lipinski definition) is 1. The molecular formula is C21H28N2O4. The standard InChI is InChI=1S/C21H28N2O4/c1-14-8-10-18(11-9-14)23-13-16(12-19(23)24)21(26)27-15(2)20(25)22-17-6-4-3-5-7-17/h8-11,15-17H,3-7,12-13H2,1-2H3,(H,22,25)/t15-,16+/m0/s1. The van der Waals surface area contributed by atoms with Gasteiger partial charge in [-0.15, -0.1) is 0 Å². The smallest absolute Gasteiger partial charge is 0.312 e. The molecule has 2 aliphatic rings. The van der Waals surface area contributed by atoms with Gasteiger partial charge in [-0.1, -0.05) is 37.0 Å². The zero-order chi connectivity index (χ0) is 19.4. The van der Waals surface area contributed by atoms with E-state index in [2.05, 4.69) is 5.32 Å². The minimum atomic E-state index is -0.844. The van der Waals surface area contributed by atoms with E-state index in [4.69, 9.17) is 4.74 Å². The Kier molecular flexibility index (Phi) is 6.14. The lowest BCUT2D eigenvalue weighted by atomic mass is 9.95. The van der Waals surface area contributed by atoms with Crippen molar-refractivity contribution in [2.75, 3.05) is 11.4 Å². The minimum Gasteiger partial charge on any atom is -0.452 e. The van der Waals surface area contributed by atoms with Gasteiger partial charge >= 0.3 is 5.97 Å². The van der Waals surface area contributed by atoms with Crippen molar-refractivity contribution < 1.29 is 19.1 Å². The maximum Gasteiger partial charge on any atom is 0.312 e. The highest BCUT2D eigenvalue weighted by molar-refractivity contribution is 5.99. The summed E-state index contributed by atoms with van der Waals surface area (Å²) in [6.07, 6.45) is 4.69. The van der Waals surface area contributed by atoms with Gasteiger partial charge < -0.3 is 15.0 Å². The van der Waals surface area contributed by atoms with Gasteiger partial charge in [-0.25, -0.2) is 0 Å². The summed E-state index contributed by atoms with van der Waals surface area (Å²) in [5, 5.41) is 2.97. The summed E-state index contributed by atoms with van der Waals surface area (Å²) in [5.41, 5.74) is 1.89. The molecule has 1 aromatic rings. The van der Waals surface area contributed by atoms with Crippen molar-refractivity contribution in [2.45, 2.75) is 64.5 Å². The van der Waals surface area contributed by atoms with Gasteiger partial charge in [-0.2, -0.15) is 0 Å². The molecule has 1 aliphatic heterocycles. The van der Waals surface area contributed by atoms with E-state index in [0.717, 1.165) is 36.9 Å². The molecule has 2 fully saturated rings. The molecule has 0 aromatic heterocycles. The zero-order valence-corrected chi connectivity index (χ0v) is 16.1. The Morgan fingerprint density at radius 3 is 2.48 bits per heavy atom. The third-order valence-corrected chi connectivity index (χ3v) is 5.42. The van der Waals surface area contributed by atoms with Gasteiger partial charge in [0.05, 0.1) is 5.92 Å². The van der Waals surface area contributed by atoms with Crippen LogP contribution in [-0.2, 0) is 19.1 Å². The van der Waals surface area contributed by atoms with E-state index in [9.17, 15) is 14.4 Å². The number of esters is 1. The Hall–Kier alpha value is -2.37. The molecule has 3 rings (SSSR count). The first-order valence-corrected chi connectivity index (χ1v) is 9.82. The van der Waals surface area contributed by atoms with Gasteiger partial charge in [0.2, 0.25) is 5.91 Å². The van der Waals surface area contributed by atoms with E-state index in [1.165, 1.54) is 6.42 Å². The summed E-state index contributed by atoms with van der Waals surface area (Å²) in [4.78, 5) is 38.6. The lowest BCUT2D eigenvalue weighted by Gasteiger charge is -2.24. The number of aryl methyl sites for hydroxylation is 1. The summed E-state index contributed by atoms with van der Waals surface area (Å²) >= 11 is 0. The monoisotopic (exact) mass is 372 g/mol. The molecule has 2 atom stereocenters. The molecule has 1 saturated heterocycles. The van der Waals surface area contributed by atoms with E-state index in [0.29, 0.717) is 0 Å². The van der Waals surface area contributed by atoms with Crippen molar-refractivity contribution in [3.63, 3.8) is 0 Å². The Bertz CT molecular complexity index is 695. The molecule has 0 spiro atoms. The van der Waals surface area contributed by atoms with Crippen LogP contribution in [0, 0.1) is 12.8 Å². The second-order valence-corrected chi connectivity index (χ2v) is 7.66. The summed E-state index contributed by atoms with van der Waals surface area (Å²) in [5.74, 6) is -1.37. The molecule has 146 valence electrons. The van der Waals surface area contributed by atoms with Crippen LogP contribution < -0.4 is 10.2 Å². The Balaban J connectivity index is 1.52. The van der Waals surface area contributed by atoms with E-state index in [1.807, 2.05) is 31.2 Å². The molecule has 0 unspecified atom stereocenters. The summed E-state index contributed by atoms with van der Waals surface area (Å²) in [7, 11) is 0. The maximum atomic E-state index is 12.4. The van der Waals surface area contributed by atoms with Crippen LogP contribution in [0.5, 0.6) is 0 Å². The first-order chi connectivity index (χ1) is 12.9. The van der Waals surface area contributed by atoms with Gasteiger partial charge in [0, 0.05) is 24.7 Å². The number of amides is 2. The van der Waals surface area contributed by atoms with E-state index < -0.39 is 18.0 Å². The van der Waals surface area contributed by atoms with Crippen molar-refractivity contribution in [3.05, 3.63) is 29.8 Å². The molecular weight excluding hydrogens is 344 g/mol.